The van der Waals surface area contributed by atoms with Gasteiger partial charge in [-0.1, -0.05) is 0 Å². The Labute approximate surface area is 137 Å². The van der Waals surface area contributed by atoms with E-state index in [1.54, 1.807) is 30.6 Å². The lowest BCUT2D eigenvalue weighted by Crippen LogP contribution is -2.32. The molecular weight excluding hydrogens is 308 g/mol. The molecule has 24 heavy (non-hydrogen) atoms. The highest BCUT2D eigenvalue weighted by atomic mass is 16.3. The van der Waals surface area contributed by atoms with Gasteiger partial charge in [-0.05, 0) is 36.4 Å². The molecule has 0 atom stereocenters. The Balaban J connectivity index is 1.56. The molecule has 7 heteroatoms. The maximum atomic E-state index is 12.1. The summed E-state index contributed by atoms with van der Waals surface area (Å²) in [5.74, 6) is 0.124. The fraction of sp³-hybridized carbons (Fsp3) is 0.118. The monoisotopic (exact) mass is 324 g/mol. The number of anilines is 1. The number of rotatable bonds is 6. The van der Waals surface area contributed by atoms with Crippen molar-refractivity contribution in [3.05, 3.63) is 71.0 Å². The number of H-pyrrole nitrogens is 1. The van der Waals surface area contributed by atoms with E-state index in [1.807, 2.05) is 12.1 Å². The number of carbonyl (C=O) groups excluding carboxylic acids is 1. The van der Waals surface area contributed by atoms with Crippen LogP contribution < -0.4 is 16.2 Å². The van der Waals surface area contributed by atoms with Gasteiger partial charge in [-0.3, -0.25) is 14.6 Å². The number of nitrogens with zero attached hydrogens (tertiary/aromatic N) is 1. The lowest BCUT2D eigenvalue weighted by atomic mass is 10.2. The first-order chi connectivity index (χ1) is 11.7. The number of carbonyl (C=O) groups is 1. The van der Waals surface area contributed by atoms with Crippen LogP contribution >= 0.6 is 0 Å². The van der Waals surface area contributed by atoms with Crippen molar-refractivity contribution < 1.29 is 9.21 Å². The van der Waals surface area contributed by atoms with Crippen molar-refractivity contribution in [3.63, 3.8) is 0 Å². The number of hydrogen-bond donors (Lipinski definition) is 3. The summed E-state index contributed by atoms with van der Waals surface area (Å²) in [6.07, 6.45) is 4.88. The number of nitrogens with one attached hydrogen (secondary N) is 3. The molecule has 0 radical (unpaired) electrons. The van der Waals surface area contributed by atoms with Gasteiger partial charge in [0, 0.05) is 31.2 Å². The average molecular weight is 324 g/mol. The van der Waals surface area contributed by atoms with Crippen molar-refractivity contribution in [3.8, 4) is 11.5 Å². The van der Waals surface area contributed by atoms with Crippen molar-refractivity contribution >= 4 is 11.6 Å². The van der Waals surface area contributed by atoms with Gasteiger partial charge in [-0.25, -0.2) is 0 Å². The molecule has 7 nitrogen and oxygen atoms in total. The SMILES string of the molecule is O=C(NCCNc1ccncc1)c1ccc(-c2ccco2)[nH]c1=O. The minimum absolute atomic E-state index is 0.0641. The molecular formula is C17H16N4O3. The highest BCUT2D eigenvalue weighted by molar-refractivity contribution is 5.94. The van der Waals surface area contributed by atoms with Gasteiger partial charge in [0.15, 0.2) is 0 Å². The Bertz CT molecular complexity index is 857. The van der Waals surface area contributed by atoms with E-state index in [9.17, 15) is 9.59 Å². The van der Waals surface area contributed by atoms with Crippen molar-refractivity contribution in [1.82, 2.24) is 15.3 Å². The summed E-state index contributed by atoms with van der Waals surface area (Å²) in [7, 11) is 0. The summed E-state index contributed by atoms with van der Waals surface area (Å²) < 4.78 is 5.21. The molecule has 0 saturated heterocycles. The van der Waals surface area contributed by atoms with E-state index in [-0.39, 0.29) is 5.56 Å². The van der Waals surface area contributed by atoms with Crippen LogP contribution in [-0.2, 0) is 0 Å². The van der Waals surface area contributed by atoms with Gasteiger partial charge < -0.3 is 20.0 Å². The molecule has 0 aliphatic heterocycles. The predicted octanol–water partition coefficient (Wildman–Crippen LogP) is 1.87. The second-order valence-corrected chi connectivity index (χ2v) is 5.01. The third-order valence-corrected chi connectivity index (χ3v) is 3.36. The van der Waals surface area contributed by atoms with Gasteiger partial charge in [0.1, 0.15) is 11.3 Å². The van der Waals surface area contributed by atoms with E-state index >= 15 is 0 Å². The molecule has 0 unspecified atom stereocenters. The zero-order chi connectivity index (χ0) is 16.8. The van der Waals surface area contributed by atoms with Crippen LogP contribution in [0.4, 0.5) is 5.69 Å². The van der Waals surface area contributed by atoms with Crippen LogP contribution in [0.5, 0.6) is 0 Å². The van der Waals surface area contributed by atoms with Crippen LogP contribution in [-0.4, -0.2) is 29.0 Å². The van der Waals surface area contributed by atoms with E-state index in [2.05, 4.69) is 20.6 Å². The van der Waals surface area contributed by atoms with Crippen LogP contribution in [0.15, 0.2) is 64.3 Å². The lowest BCUT2D eigenvalue weighted by Gasteiger charge is -2.07. The molecule has 3 N–H and O–H groups in total. The summed E-state index contributed by atoms with van der Waals surface area (Å²) in [5.41, 5.74) is 1.05. The van der Waals surface area contributed by atoms with Gasteiger partial charge in [-0.15, -0.1) is 0 Å². The molecule has 0 spiro atoms. The quantitative estimate of drug-likeness (QED) is 0.601. The molecule has 0 fully saturated rings. The van der Waals surface area contributed by atoms with Crippen molar-refractivity contribution in [2.24, 2.45) is 0 Å². The molecule has 122 valence electrons. The smallest absolute Gasteiger partial charge is 0.261 e. The Morgan fingerprint density at radius 1 is 1.12 bits per heavy atom. The number of hydrogen-bond acceptors (Lipinski definition) is 5. The van der Waals surface area contributed by atoms with E-state index in [4.69, 9.17) is 4.42 Å². The number of aromatic nitrogens is 2. The highest BCUT2D eigenvalue weighted by Crippen LogP contribution is 2.15. The molecule has 3 aromatic rings. The van der Waals surface area contributed by atoms with Gasteiger partial charge in [0.05, 0.1) is 12.0 Å². The summed E-state index contributed by atoms with van der Waals surface area (Å²) in [6, 6.07) is 10.3. The molecule has 3 aromatic heterocycles. The minimum atomic E-state index is -0.455. The number of aromatic amines is 1. The molecule has 3 rings (SSSR count). The zero-order valence-electron chi connectivity index (χ0n) is 12.8. The molecule has 0 aliphatic rings. The first-order valence-electron chi connectivity index (χ1n) is 7.43. The van der Waals surface area contributed by atoms with Crippen LogP contribution in [0.1, 0.15) is 10.4 Å². The number of pyridine rings is 2. The Kier molecular flexibility index (Phi) is 4.71. The summed E-state index contributed by atoms with van der Waals surface area (Å²) in [4.78, 5) is 30.7. The summed E-state index contributed by atoms with van der Waals surface area (Å²) >= 11 is 0. The number of furan rings is 1. The van der Waals surface area contributed by atoms with E-state index in [0.29, 0.717) is 24.5 Å². The van der Waals surface area contributed by atoms with Gasteiger partial charge in [0.25, 0.3) is 11.5 Å². The second kappa shape index (κ2) is 7.28. The largest absolute Gasteiger partial charge is 0.463 e. The molecule has 0 aliphatic carbocycles. The lowest BCUT2D eigenvalue weighted by molar-refractivity contribution is 0.0953. The van der Waals surface area contributed by atoms with E-state index < -0.39 is 11.5 Å². The van der Waals surface area contributed by atoms with E-state index in [1.165, 1.54) is 12.3 Å². The van der Waals surface area contributed by atoms with Crippen molar-refractivity contribution in [1.29, 1.82) is 0 Å². The molecule has 0 bridgehead atoms. The molecule has 3 heterocycles. The van der Waals surface area contributed by atoms with Gasteiger partial charge in [0.2, 0.25) is 0 Å². The second-order valence-electron chi connectivity index (χ2n) is 5.01. The van der Waals surface area contributed by atoms with Crippen LogP contribution in [0.2, 0.25) is 0 Å². The maximum absolute atomic E-state index is 12.1. The highest BCUT2D eigenvalue weighted by Gasteiger charge is 2.11. The zero-order valence-corrected chi connectivity index (χ0v) is 12.8. The van der Waals surface area contributed by atoms with Gasteiger partial charge in [-0.2, -0.15) is 0 Å². The summed E-state index contributed by atoms with van der Waals surface area (Å²) in [5, 5.41) is 5.84. The Morgan fingerprint density at radius 2 is 1.96 bits per heavy atom. The topological polar surface area (TPSA) is 100 Å². The normalized spacial score (nSPS) is 10.3. The summed E-state index contributed by atoms with van der Waals surface area (Å²) in [6.45, 7) is 0.929. The Hall–Kier alpha value is -3.35. The van der Waals surface area contributed by atoms with Gasteiger partial charge >= 0.3 is 0 Å². The first kappa shape index (κ1) is 15.5. The average Bonchev–Trinajstić information content (AvgIpc) is 3.14. The number of amides is 1. The fourth-order valence-corrected chi connectivity index (χ4v) is 2.18. The third-order valence-electron chi connectivity index (χ3n) is 3.36. The molecule has 0 aromatic carbocycles. The molecule has 0 saturated carbocycles. The molecule has 1 amide bonds. The van der Waals surface area contributed by atoms with Crippen LogP contribution in [0, 0.1) is 0 Å². The first-order valence-corrected chi connectivity index (χ1v) is 7.43. The van der Waals surface area contributed by atoms with E-state index in [0.717, 1.165) is 5.69 Å². The minimum Gasteiger partial charge on any atom is -0.463 e. The maximum Gasteiger partial charge on any atom is 0.261 e. The van der Waals surface area contributed by atoms with Crippen LogP contribution in [0.3, 0.4) is 0 Å². The van der Waals surface area contributed by atoms with Crippen molar-refractivity contribution in [2.45, 2.75) is 0 Å². The predicted molar refractivity (Wildman–Crippen MR) is 89.8 cm³/mol. The Morgan fingerprint density at radius 3 is 2.67 bits per heavy atom. The third kappa shape index (κ3) is 3.70. The fourth-order valence-electron chi connectivity index (χ4n) is 2.18. The standard InChI is InChI=1S/C17H16N4O3/c22-16(20-10-9-19-12-5-7-18-8-6-12)13-3-4-14(21-17(13)23)15-2-1-11-24-15/h1-8,11H,9-10H2,(H,18,19)(H,20,22)(H,21,23). The van der Waals surface area contributed by atoms with Crippen molar-refractivity contribution in [2.75, 3.05) is 18.4 Å². The van der Waals surface area contributed by atoms with Crippen LogP contribution in [0.25, 0.3) is 11.5 Å².